The van der Waals surface area contributed by atoms with Crippen LogP contribution in [0.5, 0.6) is 0 Å². The Morgan fingerprint density at radius 2 is 0.510 bits per heavy atom. The second-order valence-corrected chi connectivity index (χ2v) is 12.0. The number of amides is 5. The fourth-order valence-corrected chi connectivity index (χ4v) is 4.17. The Morgan fingerprint density at radius 3 is 0.627 bits per heavy atom. The lowest BCUT2D eigenvalue weighted by Gasteiger charge is -2.23. The van der Waals surface area contributed by atoms with Crippen LogP contribution in [0.4, 0.5) is 0 Å². The van der Waals surface area contributed by atoms with Crippen LogP contribution in [-0.4, -0.2) is 125 Å². The minimum atomic E-state index is -0.0937. The minimum Gasteiger partial charge on any atom is -0.349 e. The first-order valence-corrected chi connectivity index (χ1v) is 14.8. The van der Waals surface area contributed by atoms with Gasteiger partial charge in [0.25, 0.3) is 0 Å². The number of nitrogens with zero attached hydrogens (tertiary/aromatic N) is 5. The Hall–Kier alpha value is -2.65. The number of hydrogen-bond donors (Lipinski definition) is 0. The molecule has 10 nitrogen and oxygen atoms in total. The zero-order chi connectivity index (χ0) is 33.2. The third kappa shape index (κ3) is 36.9. The monoisotopic (exact) mass is 746 g/mol. The molecule has 0 aromatic carbocycles. The van der Waals surface area contributed by atoms with Gasteiger partial charge < -0.3 is 24.5 Å². The predicted molar refractivity (Wildman–Crippen MR) is 235 cm³/mol. The van der Waals surface area contributed by atoms with Crippen molar-refractivity contribution in [1.82, 2.24) is 24.5 Å². The van der Waals surface area contributed by atoms with Gasteiger partial charge >= 0.3 is 0 Å². The first kappa shape index (κ1) is 86.7. The maximum atomic E-state index is 11.8. The first-order valence-electron chi connectivity index (χ1n) is 14.8. The Kier molecular flexibility index (Phi) is 77.2. The van der Waals surface area contributed by atoms with Gasteiger partial charge in [-0.3, -0.25) is 24.0 Å². The fraction of sp³-hybridized carbons (Fsp3) is 0.878. The first-order chi connectivity index (χ1) is 18.7. The van der Waals surface area contributed by atoms with Crippen LogP contribution in [0.2, 0.25) is 0 Å². The lowest BCUT2D eigenvalue weighted by Crippen LogP contribution is -2.34. The van der Waals surface area contributed by atoms with Crippen molar-refractivity contribution < 1.29 is 24.0 Å². The van der Waals surface area contributed by atoms with Crippen molar-refractivity contribution in [2.45, 2.75) is 148 Å². The third-order valence-corrected chi connectivity index (χ3v) is 7.04. The Labute approximate surface area is 325 Å². The molecule has 5 unspecified atom stereocenters. The molecule has 0 rings (SSSR count). The molecular weight excluding hydrogens is 642 g/mol. The highest BCUT2D eigenvalue weighted by Gasteiger charge is 2.26. The van der Waals surface area contributed by atoms with Crippen molar-refractivity contribution in [3.8, 4) is 0 Å². The third-order valence-electron chi connectivity index (χ3n) is 7.04. The van der Waals surface area contributed by atoms with E-state index in [0.29, 0.717) is 12.8 Å². The molecule has 0 N–H and O–H groups in total. The molecule has 0 saturated heterocycles. The van der Waals surface area contributed by atoms with Crippen molar-refractivity contribution in [2.75, 3.05) is 70.5 Å². The second-order valence-electron chi connectivity index (χ2n) is 12.0. The van der Waals surface area contributed by atoms with Crippen LogP contribution >= 0.6 is 0 Å². The Bertz CT molecular complexity index is 747. The fourth-order valence-electron chi connectivity index (χ4n) is 4.17. The van der Waals surface area contributed by atoms with Gasteiger partial charge in [-0.25, -0.2) is 0 Å². The molecule has 0 aliphatic carbocycles. The molecule has 0 aliphatic rings. The van der Waals surface area contributed by atoms with Crippen LogP contribution in [0, 0.1) is 29.6 Å². The molecule has 0 heterocycles. The summed E-state index contributed by atoms with van der Waals surface area (Å²) in [5.74, 6) is 0.518. The van der Waals surface area contributed by atoms with E-state index in [-0.39, 0.29) is 133 Å². The maximum absolute atomic E-state index is 11.8. The van der Waals surface area contributed by atoms with E-state index < -0.39 is 0 Å². The zero-order valence-electron chi connectivity index (χ0n) is 29.2. The van der Waals surface area contributed by atoms with Gasteiger partial charge in [-0.05, 0) is 32.1 Å². The van der Waals surface area contributed by atoms with Gasteiger partial charge in [-0.15, -0.1) is 0 Å². The van der Waals surface area contributed by atoms with Crippen molar-refractivity contribution in [1.29, 1.82) is 0 Å². The van der Waals surface area contributed by atoms with Crippen molar-refractivity contribution in [3.05, 3.63) is 0 Å². The van der Waals surface area contributed by atoms with E-state index in [1.54, 1.807) is 95.0 Å². The van der Waals surface area contributed by atoms with Crippen LogP contribution in [0.3, 0.4) is 0 Å². The van der Waals surface area contributed by atoms with E-state index in [0.717, 1.165) is 19.3 Å². The highest BCUT2D eigenvalue weighted by Crippen LogP contribution is 2.20. The molecule has 51 heavy (non-hydrogen) atoms. The SMILES string of the molecule is C.C.C.C.C.C.C.C.C.C.CCC(C)C(=O)N(C)C.CCC(CC(C)C(=O)N(C)C)C(=O)N(C)C.CCC(CC(C)C(=O)N(C)C)C(=O)N(C)C. The summed E-state index contributed by atoms with van der Waals surface area (Å²) in [5.41, 5.74) is 0. The summed E-state index contributed by atoms with van der Waals surface area (Å²) >= 11 is 0. The van der Waals surface area contributed by atoms with E-state index in [1.165, 1.54) is 0 Å². The summed E-state index contributed by atoms with van der Waals surface area (Å²) in [6, 6.07) is 0. The molecule has 5 atom stereocenters. The van der Waals surface area contributed by atoms with Crippen LogP contribution < -0.4 is 0 Å². The lowest BCUT2D eigenvalue weighted by atomic mass is 9.92. The largest absolute Gasteiger partial charge is 0.349 e. The molecule has 0 aromatic heterocycles. The summed E-state index contributed by atoms with van der Waals surface area (Å²) in [7, 11) is 17.6. The molecule has 5 amide bonds. The van der Waals surface area contributed by atoms with E-state index in [9.17, 15) is 24.0 Å². The van der Waals surface area contributed by atoms with Gasteiger partial charge in [0.2, 0.25) is 29.5 Å². The molecule has 0 aromatic rings. The topological polar surface area (TPSA) is 102 Å². The van der Waals surface area contributed by atoms with Gasteiger partial charge in [0.05, 0.1) is 0 Å². The van der Waals surface area contributed by atoms with Crippen LogP contribution in [0.1, 0.15) is 148 Å². The summed E-state index contributed by atoms with van der Waals surface area (Å²) in [5, 5.41) is 0. The number of rotatable bonds is 12. The van der Waals surface area contributed by atoms with E-state index in [2.05, 4.69) is 0 Å². The molecule has 0 bridgehead atoms. The van der Waals surface area contributed by atoms with Crippen molar-refractivity contribution >= 4 is 29.5 Å². The number of carbonyl (C=O) groups excluding carboxylic acids is 5. The average molecular weight is 746 g/mol. The zero-order valence-corrected chi connectivity index (χ0v) is 29.2. The van der Waals surface area contributed by atoms with Crippen molar-refractivity contribution in [3.63, 3.8) is 0 Å². The summed E-state index contributed by atoms with van der Waals surface area (Å²) < 4.78 is 0. The molecule has 322 valence electrons. The molecule has 0 fully saturated rings. The average Bonchev–Trinajstić information content (AvgIpc) is 2.91. The molecule has 0 spiro atoms. The number of hydrogen-bond acceptors (Lipinski definition) is 5. The highest BCUT2D eigenvalue weighted by atomic mass is 16.2. The highest BCUT2D eigenvalue weighted by molar-refractivity contribution is 5.82. The van der Waals surface area contributed by atoms with Crippen LogP contribution in [0.15, 0.2) is 0 Å². The maximum Gasteiger partial charge on any atom is 0.225 e. The Balaban J connectivity index is -0.0000000362. The van der Waals surface area contributed by atoms with E-state index in [1.807, 2.05) is 41.5 Å². The van der Waals surface area contributed by atoms with E-state index >= 15 is 0 Å². The van der Waals surface area contributed by atoms with Crippen LogP contribution in [0.25, 0.3) is 0 Å². The molecule has 0 aliphatic heterocycles. The molecule has 0 saturated carbocycles. The summed E-state index contributed by atoms with van der Waals surface area (Å²) in [6.45, 7) is 11.7. The minimum absolute atomic E-state index is 0. The van der Waals surface area contributed by atoms with Gasteiger partial charge in [0, 0.05) is 100 Å². The van der Waals surface area contributed by atoms with E-state index in [4.69, 9.17) is 0 Å². The summed E-state index contributed by atoms with van der Waals surface area (Å²) in [6.07, 6.45) is 3.75. The van der Waals surface area contributed by atoms with Crippen molar-refractivity contribution in [2.24, 2.45) is 29.6 Å². The van der Waals surface area contributed by atoms with Gasteiger partial charge in [0.1, 0.15) is 0 Å². The van der Waals surface area contributed by atoms with Gasteiger partial charge in [-0.2, -0.15) is 0 Å². The Morgan fingerprint density at radius 1 is 0.333 bits per heavy atom. The second kappa shape index (κ2) is 45.4. The smallest absolute Gasteiger partial charge is 0.225 e. The van der Waals surface area contributed by atoms with Crippen LogP contribution in [-0.2, 0) is 24.0 Å². The number of carbonyl (C=O) groups is 5. The normalized spacial score (nSPS) is 11.1. The lowest BCUT2D eigenvalue weighted by molar-refractivity contribution is -0.137. The molecule has 10 heteroatoms. The molecule has 0 radical (unpaired) electrons. The molecular formula is C41H103N5O5. The van der Waals surface area contributed by atoms with Gasteiger partial charge in [-0.1, -0.05) is 116 Å². The predicted octanol–water partition coefficient (Wildman–Crippen LogP) is 9.91. The summed E-state index contributed by atoms with van der Waals surface area (Å²) in [4.78, 5) is 66.0. The standard InChI is InChI=1S/2C12H24N2O2.C7H15NO.10CH4/c2*1-7-10(12(16)14(5)6)8-9(2)11(15)13(3)4;1-5-6(2)7(9)8(3)4;;;;;;;;;;/h2*9-10H,7-8H2,1-6H3;6H,5H2,1-4H3;10*1H4. The quantitative estimate of drug-likeness (QED) is 0.198. The van der Waals surface area contributed by atoms with Gasteiger partial charge in [0.15, 0.2) is 0 Å².